The van der Waals surface area contributed by atoms with Crippen molar-refractivity contribution in [1.29, 1.82) is 0 Å². The highest BCUT2D eigenvalue weighted by Crippen LogP contribution is 2.38. The molecule has 0 unspecified atom stereocenters. The molecule has 0 spiro atoms. The Labute approximate surface area is 114 Å². The van der Waals surface area contributed by atoms with E-state index >= 15 is 0 Å². The Morgan fingerprint density at radius 2 is 2.00 bits per heavy atom. The third-order valence-corrected chi connectivity index (χ3v) is 2.67. The van der Waals surface area contributed by atoms with Crippen molar-refractivity contribution in [3.05, 3.63) is 27.3 Å². The molecule has 8 heteroatoms. The molecule has 1 aromatic carbocycles. The zero-order valence-corrected chi connectivity index (χ0v) is 11.2. The van der Waals surface area contributed by atoms with Crippen molar-refractivity contribution in [2.75, 3.05) is 12.8 Å². The Hall–Kier alpha value is -2.64. The quantitative estimate of drug-likeness (QED) is 0.281. The smallest absolute Gasteiger partial charge is 0.344 e. The summed E-state index contributed by atoms with van der Waals surface area (Å²) in [6.07, 6.45) is 0. The number of anilines is 1. The number of ketones is 1. The van der Waals surface area contributed by atoms with Gasteiger partial charge in [-0.15, -0.1) is 0 Å². The summed E-state index contributed by atoms with van der Waals surface area (Å²) >= 11 is 0. The molecule has 8 nitrogen and oxygen atoms in total. The lowest BCUT2D eigenvalue weighted by atomic mass is 9.96. The van der Waals surface area contributed by atoms with Crippen molar-refractivity contribution in [1.82, 2.24) is 0 Å². The van der Waals surface area contributed by atoms with Gasteiger partial charge < -0.3 is 15.6 Å². The molecule has 1 aromatic rings. The van der Waals surface area contributed by atoms with E-state index in [1.54, 1.807) is 13.8 Å². The second-order valence-corrected chi connectivity index (χ2v) is 4.35. The van der Waals surface area contributed by atoms with E-state index in [9.17, 15) is 24.8 Å². The number of hydrogen-bond acceptors (Lipinski definition) is 7. The highest BCUT2D eigenvalue weighted by Gasteiger charge is 2.32. The zero-order chi connectivity index (χ0) is 15.6. The van der Waals surface area contributed by atoms with Crippen LogP contribution in [0.2, 0.25) is 0 Å². The number of Topliss-reactive ketones (excluding diaryl/α,β-unsaturated/α-hetero) is 1. The number of hydrogen-bond donors (Lipinski definition) is 2. The Morgan fingerprint density at radius 1 is 1.45 bits per heavy atom. The third-order valence-electron chi connectivity index (χ3n) is 2.67. The fourth-order valence-electron chi connectivity index (χ4n) is 1.68. The summed E-state index contributed by atoms with van der Waals surface area (Å²) < 4.78 is 4.39. The van der Waals surface area contributed by atoms with Crippen LogP contribution in [0.1, 0.15) is 34.6 Å². The predicted molar refractivity (Wildman–Crippen MR) is 69.7 cm³/mol. The molecule has 0 aliphatic heterocycles. The Kier molecular flexibility index (Phi) is 4.28. The molecule has 3 N–H and O–H groups in total. The largest absolute Gasteiger partial charge is 0.501 e. The van der Waals surface area contributed by atoms with E-state index in [1.807, 2.05) is 0 Å². The number of nitrogen functional groups attached to an aromatic ring is 1. The normalized spacial score (nSPS) is 10.4. The van der Waals surface area contributed by atoms with Gasteiger partial charge in [-0.3, -0.25) is 14.9 Å². The number of nitrogens with two attached hydrogens (primary N) is 1. The van der Waals surface area contributed by atoms with Gasteiger partial charge in [-0.2, -0.15) is 0 Å². The fraction of sp³-hybridized carbons (Fsp3) is 0.333. The molecule has 0 aliphatic rings. The number of ether oxygens (including phenoxy) is 1. The van der Waals surface area contributed by atoms with E-state index in [1.165, 1.54) is 0 Å². The van der Waals surface area contributed by atoms with Gasteiger partial charge in [0.05, 0.1) is 17.7 Å². The summed E-state index contributed by atoms with van der Waals surface area (Å²) in [6, 6.07) is 1.01. The van der Waals surface area contributed by atoms with Crippen molar-refractivity contribution in [2.24, 2.45) is 5.92 Å². The highest BCUT2D eigenvalue weighted by atomic mass is 16.6. The Morgan fingerprint density at radius 3 is 2.40 bits per heavy atom. The molecule has 0 atom stereocenters. The number of phenolic OH excluding ortho intramolecular Hbond substituents is 1. The average Bonchev–Trinajstić information content (AvgIpc) is 2.35. The van der Waals surface area contributed by atoms with Crippen LogP contribution in [0.4, 0.5) is 11.4 Å². The summed E-state index contributed by atoms with van der Waals surface area (Å²) in [6.45, 7) is 3.10. The van der Waals surface area contributed by atoms with Crippen LogP contribution >= 0.6 is 0 Å². The Balaban J connectivity index is 3.70. The highest BCUT2D eigenvalue weighted by molar-refractivity contribution is 6.07. The molecule has 0 aromatic heterocycles. The number of benzene rings is 1. The van der Waals surface area contributed by atoms with Crippen LogP contribution in [0.5, 0.6) is 5.75 Å². The van der Waals surface area contributed by atoms with Gasteiger partial charge in [-0.05, 0) is 6.07 Å². The number of aromatic hydroxyl groups is 1. The molecule has 0 bridgehead atoms. The number of nitrogens with zero attached hydrogens (tertiary/aromatic N) is 1. The van der Waals surface area contributed by atoms with Gasteiger partial charge in [0.25, 0.3) is 0 Å². The maximum Gasteiger partial charge on any atom is 0.344 e. The lowest BCUT2D eigenvalue weighted by molar-refractivity contribution is -0.386. The van der Waals surface area contributed by atoms with Crippen molar-refractivity contribution in [3.8, 4) is 5.75 Å². The molecule has 0 saturated heterocycles. The fourth-order valence-corrected chi connectivity index (χ4v) is 1.68. The second kappa shape index (κ2) is 5.55. The number of nitro groups is 1. The van der Waals surface area contributed by atoms with E-state index in [2.05, 4.69) is 4.74 Å². The van der Waals surface area contributed by atoms with Gasteiger partial charge in [0.2, 0.25) is 5.75 Å². The molecule has 0 heterocycles. The second-order valence-electron chi connectivity index (χ2n) is 4.35. The van der Waals surface area contributed by atoms with Crippen LogP contribution in [0.3, 0.4) is 0 Å². The first-order chi connectivity index (χ1) is 9.22. The first-order valence-electron chi connectivity index (χ1n) is 5.64. The topological polar surface area (TPSA) is 133 Å². The number of phenols is 1. The number of methoxy groups -OCH3 is 1. The minimum Gasteiger partial charge on any atom is -0.501 e. The van der Waals surface area contributed by atoms with Crippen molar-refractivity contribution < 1.29 is 24.4 Å². The molecule has 0 amide bonds. The first kappa shape index (κ1) is 15.4. The molecular weight excluding hydrogens is 268 g/mol. The number of esters is 1. The lowest BCUT2D eigenvalue weighted by Crippen LogP contribution is -2.14. The summed E-state index contributed by atoms with van der Waals surface area (Å²) in [7, 11) is 1.04. The summed E-state index contributed by atoms with van der Waals surface area (Å²) in [5, 5.41) is 20.9. The summed E-state index contributed by atoms with van der Waals surface area (Å²) in [5.41, 5.74) is 3.59. The number of rotatable bonds is 4. The molecule has 0 fully saturated rings. The maximum absolute atomic E-state index is 11.9. The van der Waals surface area contributed by atoms with Gasteiger partial charge in [0.1, 0.15) is 11.1 Å². The van der Waals surface area contributed by atoms with E-state index < -0.39 is 39.6 Å². The van der Waals surface area contributed by atoms with E-state index in [0.717, 1.165) is 13.2 Å². The van der Waals surface area contributed by atoms with Crippen LogP contribution in [0, 0.1) is 16.0 Å². The zero-order valence-electron chi connectivity index (χ0n) is 11.2. The molecule has 0 saturated carbocycles. The number of carbonyl (C=O) groups excluding carboxylic acids is 2. The molecule has 0 radical (unpaired) electrons. The van der Waals surface area contributed by atoms with Gasteiger partial charge in [-0.1, -0.05) is 13.8 Å². The van der Waals surface area contributed by atoms with Crippen molar-refractivity contribution in [2.45, 2.75) is 13.8 Å². The first-order valence-corrected chi connectivity index (χ1v) is 5.64. The van der Waals surface area contributed by atoms with Crippen molar-refractivity contribution >= 4 is 23.1 Å². The molecule has 20 heavy (non-hydrogen) atoms. The standard InChI is InChI=1S/C12H14N2O6/c1-5(2)10(15)6-4-7(13)8(12(17)20-3)11(16)9(6)14(18)19/h4-5,16H,13H2,1-3H3. The summed E-state index contributed by atoms with van der Waals surface area (Å²) in [4.78, 5) is 33.5. The lowest BCUT2D eigenvalue weighted by Gasteiger charge is -2.11. The van der Waals surface area contributed by atoms with Gasteiger partial charge in [0, 0.05) is 5.92 Å². The third kappa shape index (κ3) is 2.53. The predicted octanol–water partition coefficient (Wildman–Crippen LogP) is 1.51. The molecule has 108 valence electrons. The van der Waals surface area contributed by atoms with Gasteiger partial charge in [0.15, 0.2) is 5.78 Å². The SMILES string of the molecule is COC(=O)c1c(N)cc(C(=O)C(C)C)c([N+](=O)[O-])c1O. The van der Waals surface area contributed by atoms with E-state index in [4.69, 9.17) is 5.73 Å². The molecule has 0 aliphatic carbocycles. The van der Waals surface area contributed by atoms with Gasteiger partial charge in [-0.25, -0.2) is 4.79 Å². The monoisotopic (exact) mass is 282 g/mol. The van der Waals surface area contributed by atoms with Crippen LogP contribution in [0.25, 0.3) is 0 Å². The molecular formula is C12H14N2O6. The average molecular weight is 282 g/mol. The maximum atomic E-state index is 11.9. The van der Waals surface area contributed by atoms with Crippen LogP contribution in [-0.2, 0) is 4.74 Å². The van der Waals surface area contributed by atoms with Crippen LogP contribution in [-0.4, -0.2) is 28.9 Å². The van der Waals surface area contributed by atoms with Crippen molar-refractivity contribution in [3.63, 3.8) is 0 Å². The van der Waals surface area contributed by atoms with E-state index in [-0.39, 0.29) is 11.3 Å². The minimum atomic E-state index is -1.02. The molecule has 1 rings (SSSR count). The Bertz CT molecular complexity index is 594. The van der Waals surface area contributed by atoms with E-state index in [0.29, 0.717) is 0 Å². The van der Waals surface area contributed by atoms with Crippen LogP contribution in [0.15, 0.2) is 6.07 Å². The summed E-state index contributed by atoms with van der Waals surface area (Å²) in [5.74, 6) is -3.08. The number of nitro benzene ring substituents is 1. The van der Waals surface area contributed by atoms with Crippen LogP contribution < -0.4 is 5.73 Å². The van der Waals surface area contributed by atoms with Gasteiger partial charge >= 0.3 is 11.7 Å². The minimum absolute atomic E-state index is 0.260. The number of carbonyl (C=O) groups is 2.